The number of sulfonamides is 2. The van der Waals surface area contributed by atoms with Gasteiger partial charge in [0, 0.05) is 40.9 Å². The first-order valence-corrected chi connectivity index (χ1v) is 10.6. The molecule has 0 unspecified atom stereocenters. The summed E-state index contributed by atoms with van der Waals surface area (Å²) in [6.45, 7) is -0.350. The van der Waals surface area contributed by atoms with Gasteiger partial charge in [-0.15, -0.1) is 0 Å². The summed E-state index contributed by atoms with van der Waals surface area (Å²) >= 11 is 0. The van der Waals surface area contributed by atoms with Crippen LogP contribution in [0.2, 0.25) is 0 Å². The lowest BCUT2D eigenvalue weighted by atomic mass is 10.2. The minimum atomic E-state index is -4.28. The number of rotatable bonds is 6. The third-order valence-corrected chi connectivity index (χ3v) is 7.19. The average molecular weight is 416 g/mol. The topological polar surface area (TPSA) is 128 Å². The predicted molar refractivity (Wildman–Crippen MR) is 98.3 cm³/mol. The van der Waals surface area contributed by atoms with Crippen molar-refractivity contribution in [2.75, 3.05) is 14.1 Å². The van der Waals surface area contributed by atoms with Gasteiger partial charge in [-0.1, -0.05) is 18.2 Å². The van der Waals surface area contributed by atoms with Crippen LogP contribution in [0.25, 0.3) is 0 Å². The first-order valence-electron chi connectivity index (χ1n) is 7.66. The van der Waals surface area contributed by atoms with E-state index in [-0.39, 0.29) is 17.0 Å². The Labute approximate surface area is 156 Å². The van der Waals surface area contributed by atoms with Gasteiger partial charge in [-0.2, -0.15) is 0 Å². The molecule has 0 aliphatic heterocycles. The number of aromatic nitrogens is 2. The van der Waals surface area contributed by atoms with Crippen LogP contribution in [-0.2, 0) is 40.7 Å². The second-order valence-corrected chi connectivity index (χ2v) is 9.83. The Bertz CT molecular complexity index is 1190. The van der Waals surface area contributed by atoms with E-state index in [1.807, 2.05) is 0 Å². The van der Waals surface area contributed by atoms with Crippen LogP contribution in [0, 0.1) is 0 Å². The zero-order valence-electron chi connectivity index (χ0n) is 15.2. The largest absolute Gasteiger partial charge is 0.330 e. The highest BCUT2D eigenvalue weighted by Gasteiger charge is 2.24. The maximum absolute atomic E-state index is 12.5. The molecule has 0 atom stereocenters. The normalized spacial score (nSPS) is 12.5. The standard InChI is InChI=1S/C15H20N4O6S2/c1-17(2)27(24,25)12-8-6-5-7-11(12)9-16-26(22,23)13-10-18(3)15(21)19(4)14(13)20/h5-8,10,16H,9H2,1-4H3. The van der Waals surface area contributed by atoms with Crippen LogP contribution in [0.15, 0.2) is 49.8 Å². The highest BCUT2D eigenvalue weighted by Crippen LogP contribution is 2.18. The lowest BCUT2D eigenvalue weighted by Gasteiger charge is -2.15. The SMILES string of the molecule is CN(C)S(=O)(=O)c1ccccc1CNS(=O)(=O)c1cn(C)c(=O)n(C)c1=O. The predicted octanol–water partition coefficient (Wildman–Crippen LogP) is -1.19. The highest BCUT2D eigenvalue weighted by atomic mass is 32.2. The molecule has 1 aromatic heterocycles. The van der Waals surface area contributed by atoms with Crippen LogP contribution in [0.4, 0.5) is 0 Å². The van der Waals surface area contributed by atoms with E-state index in [1.165, 1.54) is 46.4 Å². The second kappa shape index (κ2) is 7.38. The van der Waals surface area contributed by atoms with Gasteiger partial charge < -0.3 is 4.57 Å². The average Bonchev–Trinajstić information content (AvgIpc) is 2.61. The Kier molecular flexibility index (Phi) is 5.75. The highest BCUT2D eigenvalue weighted by molar-refractivity contribution is 7.89. The summed E-state index contributed by atoms with van der Waals surface area (Å²) in [5.41, 5.74) is -1.42. The molecule has 0 fully saturated rings. The molecule has 0 amide bonds. The fourth-order valence-corrected chi connectivity index (χ4v) is 4.59. The molecule has 10 nitrogen and oxygen atoms in total. The zero-order valence-corrected chi connectivity index (χ0v) is 16.8. The first kappa shape index (κ1) is 21.0. The molecule has 1 N–H and O–H groups in total. The molecule has 2 aromatic rings. The van der Waals surface area contributed by atoms with E-state index in [0.717, 1.165) is 15.1 Å². The number of benzene rings is 1. The molecule has 0 spiro atoms. The summed E-state index contributed by atoms with van der Waals surface area (Å²) in [7, 11) is -2.85. The van der Waals surface area contributed by atoms with E-state index < -0.39 is 36.2 Å². The molecule has 2 rings (SSSR count). The van der Waals surface area contributed by atoms with E-state index in [2.05, 4.69) is 4.72 Å². The van der Waals surface area contributed by atoms with E-state index in [4.69, 9.17) is 0 Å². The second-order valence-electron chi connectivity index (χ2n) is 5.97. The van der Waals surface area contributed by atoms with E-state index in [9.17, 15) is 26.4 Å². The molecule has 0 aliphatic carbocycles. The molecule has 12 heteroatoms. The fourth-order valence-electron chi connectivity index (χ4n) is 2.31. The Morgan fingerprint density at radius 3 is 2.19 bits per heavy atom. The van der Waals surface area contributed by atoms with Crippen molar-refractivity contribution in [3.63, 3.8) is 0 Å². The fraction of sp³-hybridized carbons (Fsp3) is 0.333. The van der Waals surface area contributed by atoms with Gasteiger partial charge in [0.2, 0.25) is 20.0 Å². The summed E-state index contributed by atoms with van der Waals surface area (Å²) in [4.78, 5) is 23.2. The van der Waals surface area contributed by atoms with Crippen LogP contribution in [-0.4, -0.2) is 44.4 Å². The van der Waals surface area contributed by atoms with Gasteiger partial charge in [-0.25, -0.2) is 30.7 Å². The van der Waals surface area contributed by atoms with Crippen LogP contribution in [0.3, 0.4) is 0 Å². The first-order chi connectivity index (χ1) is 12.4. The number of nitrogens with one attached hydrogen (secondary N) is 1. The molecule has 148 valence electrons. The van der Waals surface area contributed by atoms with Gasteiger partial charge >= 0.3 is 5.69 Å². The number of nitrogens with zero attached hydrogens (tertiary/aromatic N) is 3. The Balaban J connectivity index is 2.44. The number of hydrogen-bond acceptors (Lipinski definition) is 6. The molecule has 0 saturated carbocycles. The molecular formula is C15H20N4O6S2. The van der Waals surface area contributed by atoms with Crippen LogP contribution in [0.1, 0.15) is 5.56 Å². The third-order valence-electron chi connectivity index (χ3n) is 3.89. The molecule has 1 aromatic carbocycles. The molecule has 0 radical (unpaired) electrons. The Morgan fingerprint density at radius 1 is 1.00 bits per heavy atom. The van der Waals surface area contributed by atoms with E-state index >= 15 is 0 Å². The van der Waals surface area contributed by atoms with Gasteiger partial charge in [-0.3, -0.25) is 9.36 Å². The lowest BCUT2D eigenvalue weighted by molar-refractivity contribution is 0.519. The minimum Gasteiger partial charge on any atom is -0.302 e. The minimum absolute atomic E-state index is 0.0499. The van der Waals surface area contributed by atoms with Gasteiger partial charge in [0.15, 0.2) is 4.90 Å². The van der Waals surface area contributed by atoms with Crippen molar-refractivity contribution in [3.05, 3.63) is 56.9 Å². The van der Waals surface area contributed by atoms with Crippen LogP contribution < -0.4 is 16.0 Å². The summed E-state index contributed by atoms with van der Waals surface area (Å²) in [5.74, 6) is 0. The molecule has 1 heterocycles. The molecule has 0 bridgehead atoms. The Hall–Kier alpha value is -2.28. The Morgan fingerprint density at radius 2 is 1.59 bits per heavy atom. The van der Waals surface area contributed by atoms with Crippen molar-refractivity contribution in [1.82, 2.24) is 18.2 Å². The van der Waals surface area contributed by atoms with Crippen LogP contribution >= 0.6 is 0 Å². The number of aryl methyl sites for hydroxylation is 1. The van der Waals surface area contributed by atoms with Crippen molar-refractivity contribution in [3.8, 4) is 0 Å². The van der Waals surface area contributed by atoms with Gasteiger partial charge in [0.05, 0.1) is 4.90 Å². The summed E-state index contributed by atoms with van der Waals surface area (Å²) in [6, 6.07) is 5.93. The quantitative estimate of drug-likeness (QED) is 0.631. The summed E-state index contributed by atoms with van der Waals surface area (Å²) < 4.78 is 54.7. The van der Waals surface area contributed by atoms with E-state index in [1.54, 1.807) is 6.07 Å². The monoisotopic (exact) mass is 416 g/mol. The van der Waals surface area contributed by atoms with E-state index in [0.29, 0.717) is 4.57 Å². The maximum Gasteiger partial charge on any atom is 0.330 e. The molecule has 27 heavy (non-hydrogen) atoms. The van der Waals surface area contributed by atoms with Crippen LogP contribution in [0.5, 0.6) is 0 Å². The van der Waals surface area contributed by atoms with Crippen molar-refractivity contribution in [1.29, 1.82) is 0 Å². The molecular weight excluding hydrogens is 396 g/mol. The van der Waals surface area contributed by atoms with Crippen molar-refractivity contribution in [2.24, 2.45) is 14.1 Å². The van der Waals surface area contributed by atoms with Gasteiger partial charge in [-0.05, 0) is 11.6 Å². The molecule has 0 saturated heterocycles. The van der Waals surface area contributed by atoms with Gasteiger partial charge in [0.1, 0.15) is 0 Å². The number of hydrogen-bond donors (Lipinski definition) is 1. The third kappa shape index (κ3) is 4.03. The zero-order chi connectivity index (χ0) is 20.6. The lowest BCUT2D eigenvalue weighted by Crippen LogP contribution is -2.41. The maximum atomic E-state index is 12.5. The molecule has 0 aliphatic rings. The van der Waals surface area contributed by atoms with Crippen molar-refractivity contribution < 1.29 is 16.8 Å². The van der Waals surface area contributed by atoms with Gasteiger partial charge in [0.25, 0.3) is 5.56 Å². The summed E-state index contributed by atoms with van der Waals surface area (Å²) in [5, 5.41) is 0. The van der Waals surface area contributed by atoms with Crippen molar-refractivity contribution >= 4 is 20.0 Å². The van der Waals surface area contributed by atoms with Crippen molar-refractivity contribution in [2.45, 2.75) is 16.3 Å². The summed E-state index contributed by atoms with van der Waals surface area (Å²) in [6.07, 6.45) is 0.926. The smallest absolute Gasteiger partial charge is 0.302 e.